The van der Waals surface area contributed by atoms with Crippen LogP contribution in [0.15, 0.2) is 48.7 Å². The number of piperidine rings is 1. The fourth-order valence-electron chi connectivity index (χ4n) is 6.13. The number of hydrogen-bond acceptors (Lipinski definition) is 7. The molecule has 0 spiro atoms. The molecular weight excluding hydrogens is 536 g/mol. The van der Waals surface area contributed by atoms with Crippen molar-refractivity contribution in [3.8, 4) is 5.75 Å². The second-order valence-corrected chi connectivity index (χ2v) is 11.3. The first kappa shape index (κ1) is 29.0. The van der Waals surface area contributed by atoms with Crippen LogP contribution in [0.1, 0.15) is 69.2 Å². The highest BCUT2D eigenvalue weighted by atomic mass is 35.5. The first-order valence-corrected chi connectivity index (χ1v) is 15.4. The summed E-state index contributed by atoms with van der Waals surface area (Å²) in [6.07, 6.45) is 11.2. The van der Waals surface area contributed by atoms with Crippen LogP contribution in [-0.4, -0.2) is 42.1 Å². The van der Waals surface area contributed by atoms with E-state index in [0.29, 0.717) is 41.2 Å². The summed E-state index contributed by atoms with van der Waals surface area (Å²) < 4.78 is 6.04. The van der Waals surface area contributed by atoms with E-state index in [9.17, 15) is 4.79 Å². The van der Waals surface area contributed by atoms with Crippen molar-refractivity contribution in [3.05, 3.63) is 59.2 Å². The molecule has 0 atom stereocenters. The number of nitrogens with zero attached hydrogens (tertiary/aromatic N) is 3. The molecule has 1 aromatic heterocycles. The lowest BCUT2D eigenvalue weighted by molar-refractivity contribution is 0.0956. The van der Waals surface area contributed by atoms with E-state index in [-0.39, 0.29) is 5.91 Å². The maximum Gasteiger partial charge on any atom is 0.253 e. The summed E-state index contributed by atoms with van der Waals surface area (Å²) in [5.74, 6) is 3.16. The molecule has 41 heavy (non-hydrogen) atoms. The average molecular weight is 577 g/mol. The van der Waals surface area contributed by atoms with Gasteiger partial charge in [-0.1, -0.05) is 55.8 Å². The molecule has 0 unspecified atom stereocenters. The van der Waals surface area contributed by atoms with Gasteiger partial charge in [0.2, 0.25) is 5.95 Å². The van der Waals surface area contributed by atoms with Crippen molar-refractivity contribution >= 4 is 46.3 Å². The molecule has 9 heteroatoms. The highest BCUT2D eigenvalue weighted by Crippen LogP contribution is 2.38. The first-order valence-electron chi connectivity index (χ1n) is 15.0. The standard InChI is InChI=1S/C32H41ClN6O2/c1-3-34-31(40)25-12-8-9-13-27(25)36-30-26(33)21-35-32(38-30)37-28-15-14-24(20-29(28)41-4-2)39-18-16-23(17-19-39)22-10-6-5-7-11-22/h8-9,12-15,20-23H,3-7,10-11,16-19H2,1-2H3,(H,34,40)(H2,35,36,37,38). The molecule has 1 saturated heterocycles. The van der Waals surface area contributed by atoms with Crippen molar-refractivity contribution in [1.29, 1.82) is 0 Å². The van der Waals surface area contributed by atoms with Gasteiger partial charge in [0.25, 0.3) is 5.91 Å². The smallest absolute Gasteiger partial charge is 0.253 e. The summed E-state index contributed by atoms with van der Waals surface area (Å²) in [4.78, 5) is 24.0. The van der Waals surface area contributed by atoms with Gasteiger partial charge in [-0.05, 0) is 62.8 Å². The molecule has 1 amide bonds. The molecule has 8 nitrogen and oxygen atoms in total. The zero-order valence-corrected chi connectivity index (χ0v) is 24.8. The summed E-state index contributed by atoms with van der Waals surface area (Å²) in [6, 6.07) is 13.5. The topological polar surface area (TPSA) is 91.4 Å². The van der Waals surface area contributed by atoms with Crippen molar-refractivity contribution in [3.63, 3.8) is 0 Å². The predicted molar refractivity (Wildman–Crippen MR) is 167 cm³/mol. The zero-order valence-electron chi connectivity index (χ0n) is 24.1. The molecule has 2 fully saturated rings. The first-order chi connectivity index (χ1) is 20.1. The number of para-hydroxylation sites is 1. The van der Waals surface area contributed by atoms with Gasteiger partial charge in [-0.15, -0.1) is 0 Å². The van der Waals surface area contributed by atoms with Gasteiger partial charge >= 0.3 is 0 Å². The Morgan fingerprint density at radius 2 is 1.73 bits per heavy atom. The number of benzene rings is 2. The summed E-state index contributed by atoms with van der Waals surface area (Å²) in [7, 11) is 0. The third-order valence-corrected chi connectivity index (χ3v) is 8.52. The summed E-state index contributed by atoms with van der Waals surface area (Å²) in [5.41, 5.74) is 3.08. The van der Waals surface area contributed by atoms with Gasteiger partial charge in [0, 0.05) is 31.4 Å². The van der Waals surface area contributed by atoms with E-state index in [1.807, 2.05) is 38.1 Å². The maximum absolute atomic E-state index is 12.5. The van der Waals surface area contributed by atoms with Gasteiger partial charge in [-0.3, -0.25) is 4.79 Å². The quantitative estimate of drug-likeness (QED) is 0.229. The predicted octanol–water partition coefficient (Wildman–Crippen LogP) is 7.56. The largest absolute Gasteiger partial charge is 0.492 e. The lowest BCUT2D eigenvalue weighted by Crippen LogP contribution is -2.36. The lowest BCUT2D eigenvalue weighted by atomic mass is 9.76. The van der Waals surface area contributed by atoms with Gasteiger partial charge in [0.15, 0.2) is 5.82 Å². The van der Waals surface area contributed by atoms with E-state index >= 15 is 0 Å². The number of hydrogen-bond donors (Lipinski definition) is 3. The number of halogens is 1. The summed E-state index contributed by atoms with van der Waals surface area (Å²) in [5, 5.41) is 9.69. The fourth-order valence-corrected chi connectivity index (χ4v) is 6.27. The number of amides is 1. The number of nitrogens with one attached hydrogen (secondary N) is 3. The minimum absolute atomic E-state index is 0.168. The Balaban J connectivity index is 1.29. The van der Waals surface area contributed by atoms with Gasteiger partial charge in [-0.25, -0.2) is 4.98 Å². The molecule has 2 heterocycles. The minimum Gasteiger partial charge on any atom is -0.492 e. The Bertz CT molecular complexity index is 1320. The molecule has 2 aromatic carbocycles. The second-order valence-electron chi connectivity index (χ2n) is 10.9. The Kier molecular flexibility index (Phi) is 9.83. The second kappa shape index (κ2) is 13.9. The number of anilines is 5. The Labute approximate surface area is 248 Å². The van der Waals surface area contributed by atoms with Crippen LogP contribution in [0.5, 0.6) is 5.75 Å². The molecule has 2 aliphatic rings. The van der Waals surface area contributed by atoms with E-state index in [0.717, 1.165) is 36.4 Å². The number of carbonyl (C=O) groups is 1. The van der Waals surface area contributed by atoms with Gasteiger partial charge < -0.3 is 25.6 Å². The van der Waals surface area contributed by atoms with E-state index in [1.165, 1.54) is 50.6 Å². The van der Waals surface area contributed by atoms with Crippen molar-refractivity contribution in [1.82, 2.24) is 15.3 Å². The maximum atomic E-state index is 12.5. The highest BCUT2D eigenvalue weighted by molar-refractivity contribution is 6.33. The third kappa shape index (κ3) is 7.22. The average Bonchev–Trinajstić information content (AvgIpc) is 3.01. The van der Waals surface area contributed by atoms with Crippen LogP contribution in [0.3, 0.4) is 0 Å². The van der Waals surface area contributed by atoms with Crippen molar-refractivity contribution in [2.45, 2.75) is 58.8 Å². The van der Waals surface area contributed by atoms with Crippen LogP contribution in [0.4, 0.5) is 28.8 Å². The molecule has 218 valence electrons. The number of ether oxygens (including phenoxy) is 1. The molecule has 3 aromatic rings. The Morgan fingerprint density at radius 1 is 0.976 bits per heavy atom. The Hall–Kier alpha value is -3.52. The van der Waals surface area contributed by atoms with Crippen LogP contribution >= 0.6 is 11.6 Å². The van der Waals surface area contributed by atoms with Crippen LogP contribution in [0.25, 0.3) is 0 Å². The van der Waals surface area contributed by atoms with Crippen LogP contribution < -0.4 is 25.6 Å². The van der Waals surface area contributed by atoms with Crippen molar-refractivity contribution in [2.24, 2.45) is 11.8 Å². The van der Waals surface area contributed by atoms with Gasteiger partial charge in [0.05, 0.1) is 29.7 Å². The minimum atomic E-state index is -0.168. The highest BCUT2D eigenvalue weighted by Gasteiger charge is 2.28. The van der Waals surface area contributed by atoms with Crippen LogP contribution in [0.2, 0.25) is 5.02 Å². The third-order valence-electron chi connectivity index (χ3n) is 8.24. The monoisotopic (exact) mass is 576 g/mol. The molecule has 3 N–H and O–H groups in total. The molecule has 1 aliphatic carbocycles. The van der Waals surface area contributed by atoms with Crippen LogP contribution in [0, 0.1) is 11.8 Å². The molecule has 0 bridgehead atoms. The van der Waals surface area contributed by atoms with Crippen LogP contribution in [-0.2, 0) is 0 Å². The summed E-state index contributed by atoms with van der Waals surface area (Å²) >= 11 is 6.44. The van der Waals surface area contributed by atoms with E-state index in [1.54, 1.807) is 12.3 Å². The number of carbonyl (C=O) groups excluding carboxylic acids is 1. The van der Waals surface area contributed by atoms with E-state index in [4.69, 9.17) is 16.3 Å². The lowest BCUT2D eigenvalue weighted by Gasteiger charge is -2.38. The molecular formula is C32H41ClN6O2. The number of aromatic nitrogens is 2. The molecule has 5 rings (SSSR count). The van der Waals surface area contributed by atoms with Crippen molar-refractivity contribution < 1.29 is 9.53 Å². The fraction of sp³-hybridized carbons (Fsp3) is 0.469. The number of rotatable bonds is 10. The van der Waals surface area contributed by atoms with E-state index < -0.39 is 0 Å². The zero-order chi connectivity index (χ0) is 28.6. The normalized spacial score (nSPS) is 16.3. The Morgan fingerprint density at radius 3 is 2.49 bits per heavy atom. The van der Waals surface area contributed by atoms with Gasteiger partial charge in [0.1, 0.15) is 10.8 Å². The summed E-state index contributed by atoms with van der Waals surface area (Å²) in [6.45, 7) is 7.14. The van der Waals surface area contributed by atoms with E-state index in [2.05, 4.69) is 43.0 Å². The molecule has 1 aliphatic heterocycles. The van der Waals surface area contributed by atoms with Gasteiger partial charge in [-0.2, -0.15) is 4.98 Å². The van der Waals surface area contributed by atoms with Crippen molar-refractivity contribution in [2.75, 3.05) is 41.8 Å². The molecule has 1 saturated carbocycles. The molecule has 0 radical (unpaired) electrons. The SMILES string of the molecule is CCNC(=O)c1ccccc1Nc1nc(Nc2ccc(N3CCC(C4CCCCC4)CC3)cc2OCC)ncc1Cl.